The van der Waals surface area contributed by atoms with Gasteiger partial charge in [0.05, 0.1) is 11.8 Å². The minimum Gasteiger partial charge on any atom is -0.465 e. The third-order valence-corrected chi connectivity index (χ3v) is 3.89. The molecule has 3 heteroatoms. The summed E-state index contributed by atoms with van der Waals surface area (Å²) in [4.78, 5) is 23.8. The fourth-order valence-corrected chi connectivity index (χ4v) is 2.60. The summed E-state index contributed by atoms with van der Waals surface area (Å²) in [5, 5.41) is 0. The average Bonchev–Trinajstić information content (AvgIpc) is 2.88. The monoisotopic (exact) mass is 280 g/mol. The first-order valence-electron chi connectivity index (χ1n) is 6.94. The number of carbonyl (C=O) groups is 2. The molecule has 1 saturated heterocycles. The van der Waals surface area contributed by atoms with E-state index in [1.54, 1.807) is 6.92 Å². The third-order valence-electron chi connectivity index (χ3n) is 3.89. The van der Waals surface area contributed by atoms with Crippen LogP contribution in [0.1, 0.15) is 23.7 Å². The van der Waals surface area contributed by atoms with Gasteiger partial charge in [-0.15, -0.1) is 0 Å². The second-order valence-corrected chi connectivity index (χ2v) is 5.67. The molecule has 106 valence electrons. The number of ether oxygens (including phenoxy) is 1. The van der Waals surface area contributed by atoms with Gasteiger partial charge in [-0.05, 0) is 18.1 Å². The highest BCUT2D eigenvalue weighted by Crippen LogP contribution is 2.33. The van der Waals surface area contributed by atoms with Gasteiger partial charge in [-0.2, -0.15) is 0 Å². The molecule has 3 rings (SSSR count). The molecule has 1 aliphatic heterocycles. The van der Waals surface area contributed by atoms with Crippen LogP contribution in [0.5, 0.6) is 0 Å². The number of hydrogen-bond acceptors (Lipinski definition) is 3. The Morgan fingerprint density at radius 3 is 2.19 bits per heavy atom. The summed E-state index contributed by atoms with van der Waals surface area (Å²) in [7, 11) is 0. The summed E-state index contributed by atoms with van der Waals surface area (Å²) in [6.45, 7) is 1.95. The lowest BCUT2D eigenvalue weighted by Crippen LogP contribution is -2.28. The molecule has 0 bridgehead atoms. The van der Waals surface area contributed by atoms with E-state index >= 15 is 0 Å². The van der Waals surface area contributed by atoms with Crippen molar-refractivity contribution in [1.29, 1.82) is 0 Å². The molecule has 1 heterocycles. The first-order chi connectivity index (χ1) is 10.1. The Labute approximate surface area is 123 Å². The zero-order valence-electron chi connectivity index (χ0n) is 11.8. The predicted octanol–water partition coefficient (Wildman–Crippen LogP) is 3.49. The molecule has 3 nitrogen and oxygen atoms in total. The van der Waals surface area contributed by atoms with Crippen molar-refractivity contribution in [2.24, 2.45) is 5.41 Å². The van der Waals surface area contributed by atoms with E-state index in [1.165, 1.54) is 0 Å². The van der Waals surface area contributed by atoms with Gasteiger partial charge in [-0.25, -0.2) is 0 Å². The molecule has 1 fully saturated rings. The highest BCUT2D eigenvalue weighted by Gasteiger charge is 2.42. The van der Waals surface area contributed by atoms with Crippen molar-refractivity contribution in [3.05, 3.63) is 60.2 Å². The van der Waals surface area contributed by atoms with Crippen molar-refractivity contribution in [2.45, 2.75) is 13.3 Å². The Bertz CT molecular complexity index is 673. The predicted molar refractivity (Wildman–Crippen MR) is 79.9 cm³/mol. The zero-order chi connectivity index (χ0) is 14.9. The summed E-state index contributed by atoms with van der Waals surface area (Å²) >= 11 is 0. The first kappa shape index (κ1) is 13.6. The number of esters is 1. The number of ketones is 1. The normalized spacial score (nSPS) is 21.1. The van der Waals surface area contributed by atoms with Crippen LogP contribution in [0.25, 0.3) is 11.1 Å². The van der Waals surface area contributed by atoms with Gasteiger partial charge >= 0.3 is 5.97 Å². The van der Waals surface area contributed by atoms with Crippen molar-refractivity contribution in [3.8, 4) is 11.1 Å². The number of carbonyl (C=O) groups excluding carboxylic acids is 2. The van der Waals surface area contributed by atoms with Gasteiger partial charge in [0.15, 0.2) is 5.78 Å². The molecule has 1 unspecified atom stereocenters. The molecule has 1 atom stereocenters. The van der Waals surface area contributed by atoms with Gasteiger partial charge in [0, 0.05) is 5.56 Å². The van der Waals surface area contributed by atoms with E-state index in [9.17, 15) is 9.59 Å². The van der Waals surface area contributed by atoms with E-state index in [0.717, 1.165) is 11.1 Å². The van der Waals surface area contributed by atoms with Crippen LogP contribution < -0.4 is 0 Å². The number of hydrogen-bond donors (Lipinski definition) is 0. The van der Waals surface area contributed by atoms with Crippen LogP contribution in [-0.2, 0) is 9.53 Å². The van der Waals surface area contributed by atoms with Crippen LogP contribution in [0, 0.1) is 5.41 Å². The Kier molecular flexibility index (Phi) is 3.34. The second-order valence-electron chi connectivity index (χ2n) is 5.67. The maximum Gasteiger partial charge on any atom is 0.306 e. The molecule has 21 heavy (non-hydrogen) atoms. The Balaban J connectivity index is 1.85. The van der Waals surface area contributed by atoms with E-state index in [0.29, 0.717) is 5.56 Å². The lowest BCUT2D eigenvalue weighted by atomic mass is 9.81. The Hall–Kier alpha value is -2.42. The molecule has 0 spiro atoms. The van der Waals surface area contributed by atoms with Gasteiger partial charge in [-0.1, -0.05) is 54.6 Å². The van der Waals surface area contributed by atoms with Crippen LogP contribution >= 0.6 is 0 Å². The summed E-state index contributed by atoms with van der Waals surface area (Å²) in [5.41, 5.74) is 2.07. The highest BCUT2D eigenvalue weighted by atomic mass is 16.5. The van der Waals surface area contributed by atoms with Crippen molar-refractivity contribution < 1.29 is 14.3 Å². The second kappa shape index (κ2) is 5.17. The molecule has 0 N–H and O–H groups in total. The molecule has 0 amide bonds. The summed E-state index contributed by atoms with van der Waals surface area (Å²) < 4.78 is 4.94. The standard InChI is InChI=1S/C18H16O3/c1-18(11-16(19)21-12-18)17(20)15-9-7-14(8-10-15)13-5-3-2-4-6-13/h2-10H,11-12H2,1H3. The Morgan fingerprint density at radius 2 is 1.62 bits per heavy atom. The molecule has 0 saturated carbocycles. The smallest absolute Gasteiger partial charge is 0.306 e. The third kappa shape index (κ3) is 2.59. The van der Waals surface area contributed by atoms with Gasteiger partial charge < -0.3 is 4.74 Å². The van der Waals surface area contributed by atoms with Crippen LogP contribution in [0.3, 0.4) is 0 Å². The van der Waals surface area contributed by atoms with Crippen LogP contribution in [0.15, 0.2) is 54.6 Å². The summed E-state index contributed by atoms with van der Waals surface area (Å²) in [5.74, 6) is -0.334. The van der Waals surface area contributed by atoms with E-state index in [-0.39, 0.29) is 24.8 Å². The summed E-state index contributed by atoms with van der Waals surface area (Å²) in [6.07, 6.45) is 0.159. The lowest BCUT2D eigenvalue weighted by molar-refractivity contribution is -0.137. The highest BCUT2D eigenvalue weighted by molar-refractivity contribution is 6.03. The van der Waals surface area contributed by atoms with Crippen molar-refractivity contribution >= 4 is 11.8 Å². The minimum atomic E-state index is -0.731. The van der Waals surface area contributed by atoms with Crippen molar-refractivity contribution in [3.63, 3.8) is 0 Å². The average molecular weight is 280 g/mol. The van der Waals surface area contributed by atoms with Crippen molar-refractivity contribution in [2.75, 3.05) is 6.61 Å². The molecule has 2 aromatic rings. The zero-order valence-corrected chi connectivity index (χ0v) is 11.8. The van der Waals surface area contributed by atoms with Gasteiger partial charge in [0.1, 0.15) is 6.61 Å². The maximum atomic E-state index is 12.5. The largest absolute Gasteiger partial charge is 0.465 e. The molecule has 2 aromatic carbocycles. The number of benzene rings is 2. The molecular formula is C18H16O3. The maximum absolute atomic E-state index is 12.5. The number of rotatable bonds is 3. The molecule has 1 aliphatic rings. The quantitative estimate of drug-likeness (QED) is 0.638. The van der Waals surface area contributed by atoms with E-state index in [1.807, 2.05) is 54.6 Å². The molecule has 0 radical (unpaired) electrons. The number of Topliss-reactive ketones (excluding diaryl/α,β-unsaturated/α-hetero) is 1. The first-order valence-corrected chi connectivity index (χ1v) is 6.94. The van der Waals surface area contributed by atoms with E-state index < -0.39 is 5.41 Å². The molecule has 0 aliphatic carbocycles. The fourth-order valence-electron chi connectivity index (χ4n) is 2.60. The van der Waals surface area contributed by atoms with E-state index in [2.05, 4.69) is 0 Å². The Morgan fingerprint density at radius 1 is 1.00 bits per heavy atom. The van der Waals surface area contributed by atoms with Crippen LogP contribution in [0.4, 0.5) is 0 Å². The molecule has 0 aromatic heterocycles. The SMILES string of the molecule is CC1(C(=O)c2ccc(-c3ccccc3)cc2)COC(=O)C1. The lowest BCUT2D eigenvalue weighted by Gasteiger charge is -2.18. The summed E-state index contributed by atoms with van der Waals surface area (Å²) in [6, 6.07) is 17.5. The van der Waals surface area contributed by atoms with Crippen molar-refractivity contribution in [1.82, 2.24) is 0 Å². The van der Waals surface area contributed by atoms with Gasteiger partial charge in [0.2, 0.25) is 0 Å². The topological polar surface area (TPSA) is 43.4 Å². The van der Waals surface area contributed by atoms with E-state index in [4.69, 9.17) is 4.74 Å². The molecular weight excluding hydrogens is 264 g/mol. The fraction of sp³-hybridized carbons (Fsp3) is 0.222. The van der Waals surface area contributed by atoms with Gasteiger partial charge in [0.25, 0.3) is 0 Å². The van der Waals surface area contributed by atoms with Crippen LogP contribution in [-0.4, -0.2) is 18.4 Å². The minimum absolute atomic E-state index is 0.0343. The number of cyclic esters (lactones) is 1. The van der Waals surface area contributed by atoms with Gasteiger partial charge in [-0.3, -0.25) is 9.59 Å². The van der Waals surface area contributed by atoms with Crippen LogP contribution in [0.2, 0.25) is 0 Å².